The van der Waals surface area contributed by atoms with Crippen molar-refractivity contribution in [3.63, 3.8) is 0 Å². The van der Waals surface area contributed by atoms with Crippen LogP contribution in [0, 0.1) is 0 Å². The van der Waals surface area contributed by atoms with Crippen molar-refractivity contribution in [2.45, 2.75) is 11.5 Å². The number of sulfonamides is 1. The summed E-state index contributed by atoms with van der Waals surface area (Å²) in [5.41, 5.74) is 6.71. The standard InChI is InChI=1S/C20H20N4O5S/c21-19-16-6-1-2-7-17(16)22-18(23-19)13-29-20(25)14-4-3-5-15(12-14)30(26,27)24-8-10-28-11-9-24/h1-7,12H,8-11,13H2,(H2,21,22,23). The zero-order chi connectivity index (χ0) is 21.1. The molecule has 10 heteroatoms. The second-order valence-corrected chi connectivity index (χ2v) is 8.60. The number of nitrogen functional groups attached to an aromatic ring is 1. The number of anilines is 1. The smallest absolute Gasteiger partial charge is 0.338 e. The molecule has 1 aliphatic rings. The van der Waals surface area contributed by atoms with Crippen LogP contribution in [0.5, 0.6) is 0 Å². The van der Waals surface area contributed by atoms with Crippen LogP contribution in [-0.2, 0) is 26.1 Å². The summed E-state index contributed by atoms with van der Waals surface area (Å²) in [4.78, 5) is 21.0. The molecule has 0 amide bonds. The first-order valence-corrected chi connectivity index (χ1v) is 10.8. The Balaban J connectivity index is 1.50. The van der Waals surface area contributed by atoms with Crippen molar-refractivity contribution in [2.75, 3.05) is 32.0 Å². The van der Waals surface area contributed by atoms with Gasteiger partial charge in [0.2, 0.25) is 10.0 Å². The highest BCUT2D eigenvalue weighted by Crippen LogP contribution is 2.20. The van der Waals surface area contributed by atoms with E-state index >= 15 is 0 Å². The third kappa shape index (κ3) is 4.11. The lowest BCUT2D eigenvalue weighted by atomic mass is 10.2. The summed E-state index contributed by atoms with van der Waals surface area (Å²) in [7, 11) is -3.71. The molecule has 2 heterocycles. The summed E-state index contributed by atoms with van der Waals surface area (Å²) in [6.07, 6.45) is 0. The summed E-state index contributed by atoms with van der Waals surface area (Å²) in [6.45, 7) is 1.05. The maximum atomic E-state index is 12.8. The average Bonchev–Trinajstić information content (AvgIpc) is 2.78. The fourth-order valence-electron chi connectivity index (χ4n) is 3.15. The predicted molar refractivity (Wildman–Crippen MR) is 109 cm³/mol. The Bertz CT molecular complexity index is 1190. The third-order valence-electron chi connectivity index (χ3n) is 4.69. The number of aromatic nitrogens is 2. The van der Waals surface area contributed by atoms with E-state index in [4.69, 9.17) is 15.2 Å². The number of hydrogen-bond donors (Lipinski definition) is 1. The molecular formula is C20H20N4O5S. The number of benzene rings is 2. The molecule has 0 saturated carbocycles. The first-order chi connectivity index (χ1) is 14.4. The Morgan fingerprint density at radius 3 is 2.67 bits per heavy atom. The molecule has 0 atom stereocenters. The van der Waals surface area contributed by atoms with Crippen LogP contribution in [0.1, 0.15) is 16.2 Å². The highest BCUT2D eigenvalue weighted by atomic mass is 32.2. The maximum absolute atomic E-state index is 12.8. The number of ether oxygens (including phenoxy) is 2. The molecule has 30 heavy (non-hydrogen) atoms. The number of fused-ring (bicyclic) bond motifs is 1. The molecule has 156 valence electrons. The molecule has 1 saturated heterocycles. The molecule has 0 bridgehead atoms. The molecule has 0 aliphatic carbocycles. The fourth-order valence-corrected chi connectivity index (χ4v) is 4.60. The first kappa shape index (κ1) is 20.2. The second-order valence-electron chi connectivity index (χ2n) is 6.66. The number of rotatable bonds is 5. The summed E-state index contributed by atoms with van der Waals surface area (Å²) >= 11 is 0. The Labute approximate surface area is 173 Å². The van der Waals surface area contributed by atoms with Gasteiger partial charge in [-0.15, -0.1) is 0 Å². The van der Waals surface area contributed by atoms with Crippen LogP contribution in [0.2, 0.25) is 0 Å². The normalized spacial score (nSPS) is 15.2. The zero-order valence-electron chi connectivity index (χ0n) is 16.0. The van der Waals surface area contributed by atoms with Crippen LogP contribution in [0.25, 0.3) is 10.9 Å². The predicted octanol–water partition coefficient (Wildman–Crippen LogP) is 1.59. The Kier molecular flexibility index (Phi) is 5.62. The van der Waals surface area contributed by atoms with Crippen molar-refractivity contribution >= 4 is 32.7 Å². The van der Waals surface area contributed by atoms with Crippen molar-refractivity contribution in [2.24, 2.45) is 0 Å². The lowest BCUT2D eigenvalue weighted by molar-refractivity contribution is 0.0462. The van der Waals surface area contributed by atoms with Crippen molar-refractivity contribution in [3.8, 4) is 0 Å². The number of nitrogens with two attached hydrogens (primary N) is 1. The molecule has 0 radical (unpaired) electrons. The van der Waals surface area contributed by atoms with E-state index in [-0.39, 0.29) is 36.0 Å². The van der Waals surface area contributed by atoms with Crippen molar-refractivity contribution in [1.82, 2.24) is 14.3 Å². The average molecular weight is 428 g/mol. The van der Waals surface area contributed by atoms with Crippen molar-refractivity contribution < 1.29 is 22.7 Å². The van der Waals surface area contributed by atoms with E-state index in [0.717, 1.165) is 0 Å². The molecule has 0 unspecified atom stereocenters. The molecule has 2 N–H and O–H groups in total. The molecule has 9 nitrogen and oxygen atoms in total. The van der Waals surface area contributed by atoms with E-state index in [2.05, 4.69) is 9.97 Å². The van der Waals surface area contributed by atoms with Gasteiger partial charge in [-0.2, -0.15) is 4.31 Å². The van der Waals surface area contributed by atoms with Crippen LogP contribution >= 0.6 is 0 Å². The van der Waals surface area contributed by atoms with E-state index in [9.17, 15) is 13.2 Å². The molecule has 0 spiro atoms. The number of carbonyl (C=O) groups is 1. The minimum absolute atomic E-state index is 0.0325. The zero-order valence-corrected chi connectivity index (χ0v) is 16.8. The summed E-state index contributed by atoms with van der Waals surface area (Å²) in [5.74, 6) is -0.119. The topological polar surface area (TPSA) is 125 Å². The Morgan fingerprint density at radius 1 is 1.10 bits per heavy atom. The van der Waals surface area contributed by atoms with Gasteiger partial charge in [-0.25, -0.2) is 23.2 Å². The Morgan fingerprint density at radius 2 is 1.87 bits per heavy atom. The van der Waals surface area contributed by atoms with Crippen LogP contribution in [0.15, 0.2) is 53.4 Å². The molecule has 4 rings (SSSR count). The molecule has 2 aromatic carbocycles. The second kappa shape index (κ2) is 8.34. The van der Waals surface area contributed by atoms with E-state index in [1.165, 1.54) is 28.6 Å². The van der Waals surface area contributed by atoms with Crippen molar-refractivity contribution in [1.29, 1.82) is 0 Å². The summed E-state index contributed by atoms with van der Waals surface area (Å²) in [5, 5.41) is 0.716. The first-order valence-electron chi connectivity index (χ1n) is 9.31. The number of morpholine rings is 1. The molecule has 1 aliphatic heterocycles. The number of hydrogen-bond acceptors (Lipinski definition) is 8. The Hall–Kier alpha value is -3.08. The summed E-state index contributed by atoms with van der Waals surface area (Å²) < 4.78 is 37.4. The molecule has 1 fully saturated rings. The molecular weight excluding hydrogens is 408 g/mol. The maximum Gasteiger partial charge on any atom is 0.338 e. The van der Waals surface area contributed by atoms with Gasteiger partial charge in [0.1, 0.15) is 5.82 Å². The highest BCUT2D eigenvalue weighted by Gasteiger charge is 2.27. The monoisotopic (exact) mass is 428 g/mol. The minimum Gasteiger partial charge on any atom is -0.454 e. The van der Waals surface area contributed by atoms with Gasteiger partial charge in [-0.1, -0.05) is 18.2 Å². The lowest BCUT2D eigenvalue weighted by Gasteiger charge is -2.26. The van der Waals surface area contributed by atoms with Gasteiger partial charge in [0.05, 0.1) is 29.2 Å². The van der Waals surface area contributed by atoms with E-state index in [1.807, 2.05) is 12.1 Å². The van der Waals surface area contributed by atoms with E-state index in [1.54, 1.807) is 12.1 Å². The largest absolute Gasteiger partial charge is 0.454 e. The van der Waals surface area contributed by atoms with Crippen LogP contribution in [-0.4, -0.2) is 55.0 Å². The van der Waals surface area contributed by atoms with Gasteiger partial charge < -0.3 is 15.2 Å². The van der Waals surface area contributed by atoms with Crippen LogP contribution in [0.3, 0.4) is 0 Å². The quantitative estimate of drug-likeness (QED) is 0.608. The van der Waals surface area contributed by atoms with Crippen LogP contribution < -0.4 is 5.73 Å². The van der Waals surface area contributed by atoms with E-state index < -0.39 is 16.0 Å². The van der Waals surface area contributed by atoms with Gasteiger partial charge in [-0.05, 0) is 30.3 Å². The summed E-state index contributed by atoms with van der Waals surface area (Å²) in [6, 6.07) is 13.0. The van der Waals surface area contributed by atoms with Gasteiger partial charge in [0.15, 0.2) is 12.4 Å². The number of carbonyl (C=O) groups excluding carboxylic acids is 1. The SMILES string of the molecule is Nc1nc(COC(=O)c2cccc(S(=O)(=O)N3CCOCC3)c2)nc2ccccc12. The fraction of sp³-hybridized carbons (Fsp3) is 0.250. The van der Waals surface area contributed by atoms with Gasteiger partial charge >= 0.3 is 5.97 Å². The minimum atomic E-state index is -3.71. The molecule has 3 aromatic rings. The number of para-hydroxylation sites is 1. The van der Waals surface area contributed by atoms with Crippen LogP contribution in [0.4, 0.5) is 5.82 Å². The number of nitrogens with zero attached hydrogens (tertiary/aromatic N) is 3. The van der Waals surface area contributed by atoms with Gasteiger partial charge in [0.25, 0.3) is 0 Å². The number of esters is 1. The van der Waals surface area contributed by atoms with Crippen molar-refractivity contribution in [3.05, 3.63) is 59.9 Å². The molecule has 1 aromatic heterocycles. The lowest BCUT2D eigenvalue weighted by Crippen LogP contribution is -2.40. The highest BCUT2D eigenvalue weighted by molar-refractivity contribution is 7.89. The van der Waals surface area contributed by atoms with E-state index in [0.29, 0.717) is 29.9 Å². The van der Waals surface area contributed by atoms with Gasteiger partial charge in [0, 0.05) is 18.5 Å². The third-order valence-corrected chi connectivity index (χ3v) is 6.58. The van der Waals surface area contributed by atoms with Gasteiger partial charge in [-0.3, -0.25) is 0 Å².